The van der Waals surface area contributed by atoms with Crippen LogP contribution in [0.3, 0.4) is 0 Å². The van der Waals surface area contributed by atoms with E-state index in [9.17, 15) is 18.0 Å². The highest BCUT2D eigenvalue weighted by atomic mass is 32.2. The van der Waals surface area contributed by atoms with Crippen molar-refractivity contribution < 1.29 is 22.7 Å². The molecular weight excluding hydrogens is 346 g/mol. The molecule has 3 rings (SSSR count). The lowest BCUT2D eigenvalue weighted by molar-refractivity contribution is 0.0835. The molecule has 136 valence electrons. The minimum Gasteiger partial charge on any atom is -0.383 e. The standard InChI is InChI=1S/C16H21N3O5S/c1-24-7-6-19-16(21)12-5-4-11(8-14(12)25(19,22)23)15(20)18-13(9-17)10-2-3-10/h4-5,8,10,13H,2-3,6-7,9,17H2,1H3,(H,18,20). The maximum atomic E-state index is 12.6. The summed E-state index contributed by atoms with van der Waals surface area (Å²) in [7, 11) is -2.54. The van der Waals surface area contributed by atoms with Crippen LogP contribution in [0.4, 0.5) is 0 Å². The molecule has 2 amide bonds. The first-order valence-electron chi connectivity index (χ1n) is 8.11. The number of carbonyl (C=O) groups excluding carboxylic acids is 2. The number of hydrogen-bond acceptors (Lipinski definition) is 6. The van der Waals surface area contributed by atoms with Gasteiger partial charge in [0.15, 0.2) is 0 Å². The van der Waals surface area contributed by atoms with Crippen LogP contribution < -0.4 is 11.1 Å². The van der Waals surface area contributed by atoms with Crippen LogP contribution in [0, 0.1) is 5.92 Å². The van der Waals surface area contributed by atoms with Crippen molar-refractivity contribution in [2.24, 2.45) is 11.7 Å². The number of sulfonamides is 1. The zero-order valence-corrected chi connectivity index (χ0v) is 14.7. The fourth-order valence-electron chi connectivity index (χ4n) is 2.93. The van der Waals surface area contributed by atoms with Crippen LogP contribution in [0.25, 0.3) is 0 Å². The summed E-state index contributed by atoms with van der Waals surface area (Å²) in [5.74, 6) is -0.599. The lowest BCUT2D eigenvalue weighted by Gasteiger charge is -2.16. The largest absolute Gasteiger partial charge is 0.383 e. The molecule has 1 atom stereocenters. The van der Waals surface area contributed by atoms with Crippen molar-refractivity contribution in [3.05, 3.63) is 29.3 Å². The molecule has 0 bridgehead atoms. The van der Waals surface area contributed by atoms with Crippen molar-refractivity contribution in [3.8, 4) is 0 Å². The second-order valence-electron chi connectivity index (χ2n) is 6.24. The van der Waals surface area contributed by atoms with Crippen LogP contribution in [0.5, 0.6) is 0 Å². The number of ether oxygens (including phenoxy) is 1. The van der Waals surface area contributed by atoms with E-state index in [1.54, 1.807) is 0 Å². The molecule has 1 aliphatic carbocycles. The Bertz CT molecular complexity index is 804. The number of nitrogens with one attached hydrogen (secondary N) is 1. The van der Waals surface area contributed by atoms with Crippen molar-refractivity contribution in [1.29, 1.82) is 0 Å². The summed E-state index contributed by atoms with van der Waals surface area (Å²) in [4.78, 5) is 24.6. The minimum absolute atomic E-state index is 0.0647. The number of carbonyl (C=O) groups is 2. The molecule has 1 aromatic rings. The quantitative estimate of drug-likeness (QED) is 0.697. The lowest BCUT2D eigenvalue weighted by Crippen LogP contribution is -2.41. The number of methoxy groups -OCH3 is 1. The van der Waals surface area contributed by atoms with E-state index in [1.807, 2.05) is 0 Å². The zero-order valence-electron chi connectivity index (χ0n) is 13.9. The normalized spacial score (nSPS) is 19.6. The third-order valence-electron chi connectivity index (χ3n) is 4.53. The number of rotatable bonds is 7. The van der Waals surface area contributed by atoms with Gasteiger partial charge in [0.1, 0.15) is 4.90 Å². The van der Waals surface area contributed by atoms with Crippen molar-refractivity contribution in [2.45, 2.75) is 23.8 Å². The zero-order chi connectivity index (χ0) is 18.2. The van der Waals surface area contributed by atoms with Gasteiger partial charge < -0.3 is 15.8 Å². The first-order chi connectivity index (χ1) is 11.9. The Morgan fingerprint density at radius 3 is 2.76 bits per heavy atom. The fourth-order valence-corrected chi connectivity index (χ4v) is 4.51. The highest BCUT2D eigenvalue weighted by Gasteiger charge is 2.41. The third kappa shape index (κ3) is 3.26. The molecule has 3 N–H and O–H groups in total. The van der Waals surface area contributed by atoms with Crippen molar-refractivity contribution in [2.75, 3.05) is 26.8 Å². The van der Waals surface area contributed by atoms with Gasteiger partial charge in [0, 0.05) is 25.3 Å². The number of nitrogens with zero attached hydrogens (tertiary/aromatic N) is 1. The van der Waals surface area contributed by atoms with Gasteiger partial charge in [-0.15, -0.1) is 0 Å². The van der Waals surface area contributed by atoms with Crippen molar-refractivity contribution >= 4 is 21.8 Å². The Kier molecular flexibility index (Phi) is 4.81. The predicted molar refractivity (Wildman–Crippen MR) is 89.6 cm³/mol. The molecule has 0 saturated heterocycles. The molecule has 2 aliphatic rings. The maximum absolute atomic E-state index is 12.6. The summed E-state index contributed by atoms with van der Waals surface area (Å²) in [6, 6.07) is 3.98. The molecule has 0 radical (unpaired) electrons. The van der Waals surface area contributed by atoms with E-state index in [0.29, 0.717) is 12.5 Å². The predicted octanol–water partition coefficient (Wildman–Crippen LogP) is -0.0554. The van der Waals surface area contributed by atoms with Gasteiger partial charge in [-0.3, -0.25) is 9.59 Å². The average molecular weight is 367 g/mol. The molecule has 0 aromatic heterocycles. The smallest absolute Gasteiger partial charge is 0.269 e. The number of amides is 2. The number of fused-ring (bicyclic) bond motifs is 1. The summed E-state index contributed by atoms with van der Waals surface area (Å²) in [5.41, 5.74) is 5.95. The van der Waals surface area contributed by atoms with Crippen LogP contribution in [0.2, 0.25) is 0 Å². The van der Waals surface area contributed by atoms with E-state index < -0.39 is 15.9 Å². The van der Waals surface area contributed by atoms with E-state index in [2.05, 4.69) is 5.32 Å². The monoisotopic (exact) mass is 367 g/mol. The summed E-state index contributed by atoms with van der Waals surface area (Å²) in [6.07, 6.45) is 2.06. The number of hydrogen-bond donors (Lipinski definition) is 2. The highest BCUT2D eigenvalue weighted by Crippen LogP contribution is 2.33. The molecule has 1 unspecified atom stereocenters. The second kappa shape index (κ2) is 6.74. The van der Waals surface area contributed by atoms with E-state index >= 15 is 0 Å². The van der Waals surface area contributed by atoms with Gasteiger partial charge in [-0.25, -0.2) is 12.7 Å². The average Bonchev–Trinajstić information content (AvgIpc) is 3.41. The molecule has 1 fully saturated rings. The van der Waals surface area contributed by atoms with Gasteiger partial charge >= 0.3 is 0 Å². The molecule has 1 aliphatic heterocycles. The lowest BCUT2D eigenvalue weighted by atomic mass is 10.1. The van der Waals surface area contributed by atoms with E-state index in [4.69, 9.17) is 10.5 Å². The summed E-state index contributed by atoms with van der Waals surface area (Å²) in [6.45, 7) is 0.375. The number of nitrogens with two attached hydrogens (primary N) is 1. The van der Waals surface area contributed by atoms with E-state index in [0.717, 1.165) is 17.1 Å². The Morgan fingerprint density at radius 1 is 1.44 bits per heavy atom. The minimum atomic E-state index is -3.96. The third-order valence-corrected chi connectivity index (χ3v) is 6.35. The second-order valence-corrected chi connectivity index (χ2v) is 8.07. The Morgan fingerprint density at radius 2 is 2.16 bits per heavy atom. The molecule has 9 heteroatoms. The Labute approximate surface area is 146 Å². The van der Waals surface area contributed by atoms with Gasteiger partial charge in [0.25, 0.3) is 21.8 Å². The molecule has 25 heavy (non-hydrogen) atoms. The first-order valence-corrected chi connectivity index (χ1v) is 9.55. The molecule has 8 nitrogen and oxygen atoms in total. The molecule has 1 heterocycles. The molecular formula is C16H21N3O5S. The van der Waals surface area contributed by atoms with E-state index in [-0.39, 0.29) is 41.1 Å². The van der Waals surface area contributed by atoms with E-state index in [1.165, 1.54) is 25.3 Å². The van der Waals surface area contributed by atoms with Crippen molar-refractivity contribution in [1.82, 2.24) is 9.62 Å². The molecule has 1 saturated carbocycles. The summed E-state index contributed by atoms with van der Waals surface area (Å²) >= 11 is 0. The Balaban J connectivity index is 1.85. The first kappa shape index (κ1) is 17.8. The molecule has 1 aromatic carbocycles. The summed E-state index contributed by atoms with van der Waals surface area (Å²) in [5, 5.41) is 2.84. The van der Waals surface area contributed by atoms with Crippen LogP contribution in [-0.4, -0.2) is 57.4 Å². The van der Waals surface area contributed by atoms with Gasteiger partial charge in [0.05, 0.1) is 18.7 Å². The Hall–Kier alpha value is -1.97. The van der Waals surface area contributed by atoms with Crippen LogP contribution in [-0.2, 0) is 14.8 Å². The van der Waals surface area contributed by atoms with Crippen LogP contribution >= 0.6 is 0 Å². The van der Waals surface area contributed by atoms with Gasteiger partial charge in [-0.1, -0.05) is 0 Å². The SMILES string of the molecule is COCCN1C(=O)c2ccc(C(=O)NC(CN)C3CC3)cc2S1(=O)=O. The fraction of sp³-hybridized carbons (Fsp3) is 0.500. The van der Waals surface area contributed by atoms with Crippen LogP contribution in [0.15, 0.2) is 23.1 Å². The summed E-state index contributed by atoms with van der Waals surface area (Å²) < 4.78 is 30.8. The van der Waals surface area contributed by atoms with Gasteiger partial charge in [-0.2, -0.15) is 0 Å². The molecule has 0 spiro atoms. The van der Waals surface area contributed by atoms with Crippen molar-refractivity contribution in [3.63, 3.8) is 0 Å². The van der Waals surface area contributed by atoms with Gasteiger partial charge in [0.2, 0.25) is 0 Å². The number of benzene rings is 1. The topological polar surface area (TPSA) is 119 Å². The van der Waals surface area contributed by atoms with Crippen LogP contribution in [0.1, 0.15) is 33.6 Å². The van der Waals surface area contributed by atoms with Gasteiger partial charge in [-0.05, 0) is 37.0 Å². The maximum Gasteiger partial charge on any atom is 0.269 e. The highest BCUT2D eigenvalue weighted by molar-refractivity contribution is 7.90.